The highest BCUT2D eigenvalue weighted by molar-refractivity contribution is 8.00. The molecular weight excluding hydrogens is 335 g/mol. The molecule has 20 heavy (non-hydrogen) atoms. The van der Waals surface area contributed by atoms with Crippen molar-refractivity contribution in [1.29, 1.82) is 0 Å². The van der Waals surface area contributed by atoms with E-state index in [1.54, 1.807) is 0 Å². The van der Waals surface area contributed by atoms with E-state index >= 15 is 0 Å². The van der Waals surface area contributed by atoms with Gasteiger partial charge in [0.15, 0.2) is 0 Å². The maximum atomic E-state index is 6.37. The second kappa shape index (κ2) is 6.80. The zero-order chi connectivity index (χ0) is 13.4. The van der Waals surface area contributed by atoms with Crippen LogP contribution in [0.1, 0.15) is 18.5 Å². The highest BCUT2D eigenvalue weighted by atomic mass is 35.5. The van der Waals surface area contributed by atoms with E-state index in [4.69, 9.17) is 23.2 Å². The first-order valence-corrected chi connectivity index (χ1v) is 8.13. The van der Waals surface area contributed by atoms with Crippen LogP contribution < -0.4 is 5.32 Å². The van der Waals surface area contributed by atoms with Gasteiger partial charge in [0.05, 0.1) is 5.02 Å². The van der Waals surface area contributed by atoms with Crippen LogP contribution in [0.3, 0.4) is 0 Å². The summed E-state index contributed by atoms with van der Waals surface area (Å²) in [6, 6.07) is 3.77. The molecule has 1 fully saturated rings. The number of fused-ring (bicyclic) bond motifs is 1. The number of benzene rings is 1. The average Bonchev–Trinajstić information content (AvgIpc) is 2.67. The number of hydrogen-bond donors (Lipinski definition) is 2. The van der Waals surface area contributed by atoms with E-state index in [0.717, 1.165) is 29.0 Å². The molecule has 0 atom stereocenters. The Labute approximate surface area is 139 Å². The molecule has 1 aromatic carbocycles. The van der Waals surface area contributed by atoms with Gasteiger partial charge in [-0.05, 0) is 45.0 Å². The van der Waals surface area contributed by atoms with E-state index in [2.05, 4.69) is 17.2 Å². The number of halogens is 3. The fourth-order valence-electron chi connectivity index (χ4n) is 2.58. The number of aromatic nitrogens is 1. The van der Waals surface area contributed by atoms with Gasteiger partial charge < -0.3 is 10.3 Å². The summed E-state index contributed by atoms with van der Waals surface area (Å²) in [7, 11) is 0. The van der Waals surface area contributed by atoms with Gasteiger partial charge in [-0.2, -0.15) is 0 Å². The first kappa shape index (κ1) is 16.3. The smallest absolute Gasteiger partial charge is 0.0526 e. The van der Waals surface area contributed by atoms with Gasteiger partial charge in [0.2, 0.25) is 0 Å². The SMILES string of the molecule is Cc1[nH]c2cc(Cl)cc(Cl)c2c1SC1CCNCC1.Cl. The van der Waals surface area contributed by atoms with Crippen LogP contribution in [0.5, 0.6) is 0 Å². The molecule has 2 aromatic rings. The number of thioether (sulfide) groups is 1. The Morgan fingerprint density at radius 1 is 1.20 bits per heavy atom. The van der Waals surface area contributed by atoms with Crippen molar-refractivity contribution in [3.05, 3.63) is 27.9 Å². The van der Waals surface area contributed by atoms with E-state index in [-0.39, 0.29) is 12.4 Å². The summed E-state index contributed by atoms with van der Waals surface area (Å²) in [5.41, 5.74) is 2.22. The summed E-state index contributed by atoms with van der Waals surface area (Å²) < 4.78 is 0. The number of nitrogens with one attached hydrogen (secondary N) is 2. The van der Waals surface area contributed by atoms with Crippen molar-refractivity contribution < 1.29 is 0 Å². The monoisotopic (exact) mass is 350 g/mol. The van der Waals surface area contributed by atoms with Crippen LogP contribution in [0, 0.1) is 6.92 Å². The third-order valence-electron chi connectivity index (χ3n) is 3.52. The minimum absolute atomic E-state index is 0. The lowest BCUT2D eigenvalue weighted by Gasteiger charge is -2.22. The van der Waals surface area contributed by atoms with E-state index in [9.17, 15) is 0 Å². The number of rotatable bonds is 2. The van der Waals surface area contributed by atoms with Gasteiger partial charge in [0, 0.05) is 31.8 Å². The molecule has 0 amide bonds. The van der Waals surface area contributed by atoms with E-state index in [1.807, 2.05) is 23.9 Å². The molecular formula is C14H17Cl3N2S. The Hall–Kier alpha value is -0.0600. The van der Waals surface area contributed by atoms with Crippen LogP contribution in [-0.4, -0.2) is 23.3 Å². The summed E-state index contributed by atoms with van der Waals surface area (Å²) >= 11 is 14.4. The quantitative estimate of drug-likeness (QED) is 0.792. The molecule has 0 saturated carbocycles. The van der Waals surface area contributed by atoms with Crippen LogP contribution >= 0.6 is 47.4 Å². The van der Waals surface area contributed by atoms with Crippen LogP contribution in [0.15, 0.2) is 17.0 Å². The van der Waals surface area contributed by atoms with Gasteiger partial charge in [0.25, 0.3) is 0 Å². The molecule has 0 radical (unpaired) electrons. The van der Waals surface area contributed by atoms with Crippen LogP contribution in [-0.2, 0) is 0 Å². The highest BCUT2D eigenvalue weighted by Gasteiger charge is 2.19. The van der Waals surface area contributed by atoms with Crippen molar-refractivity contribution >= 4 is 58.3 Å². The van der Waals surface area contributed by atoms with Crippen molar-refractivity contribution in [1.82, 2.24) is 10.3 Å². The van der Waals surface area contributed by atoms with Crippen molar-refractivity contribution in [2.24, 2.45) is 0 Å². The molecule has 1 aliphatic heterocycles. The predicted octanol–water partition coefficient (Wildman–Crippen LogP) is 5.05. The summed E-state index contributed by atoms with van der Waals surface area (Å²) in [4.78, 5) is 4.67. The van der Waals surface area contributed by atoms with Crippen molar-refractivity contribution in [3.63, 3.8) is 0 Å². The summed E-state index contributed by atoms with van der Waals surface area (Å²) in [5.74, 6) is 0. The number of H-pyrrole nitrogens is 1. The topological polar surface area (TPSA) is 27.8 Å². The second-order valence-corrected chi connectivity index (χ2v) is 7.11. The van der Waals surface area contributed by atoms with Crippen LogP contribution in [0.2, 0.25) is 10.0 Å². The Morgan fingerprint density at radius 2 is 1.90 bits per heavy atom. The fourth-order valence-corrected chi connectivity index (χ4v) is 4.59. The summed E-state index contributed by atoms with van der Waals surface area (Å²) in [6.45, 7) is 4.32. The number of aromatic amines is 1. The number of aryl methyl sites for hydroxylation is 1. The number of hydrogen-bond acceptors (Lipinski definition) is 2. The van der Waals surface area contributed by atoms with E-state index in [1.165, 1.54) is 23.4 Å². The first-order valence-electron chi connectivity index (χ1n) is 6.50. The lowest BCUT2D eigenvalue weighted by Crippen LogP contribution is -2.29. The summed E-state index contributed by atoms with van der Waals surface area (Å²) in [6.07, 6.45) is 2.42. The third-order valence-corrected chi connectivity index (χ3v) is 5.58. The van der Waals surface area contributed by atoms with Gasteiger partial charge in [-0.1, -0.05) is 23.2 Å². The summed E-state index contributed by atoms with van der Waals surface area (Å²) in [5, 5.41) is 6.61. The van der Waals surface area contributed by atoms with Gasteiger partial charge in [-0.15, -0.1) is 24.2 Å². The molecule has 1 aliphatic rings. The molecule has 6 heteroatoms. The molecule has 3 rings (SSSR count). The zero-order valence-corrected chi connectivity index (χ0v) is 14.3. The van der Waals surface area contributed by atoms with E-state index < -0.39 is 0 Å². The molecule has 2 N–H and O–H groups in total. The Balaban J connectivity index is 0.00000147. The minimum atomic E-state index is 0. The highest BCUT2D eigenvalue weighted by Crippen LogP contribution is 2.40. The maximum Gasteiger partial charge on any atom is 0.0526 e. The molecule has 0 unspecified atom stereocenters. The average molecular weight is 352 g/mol. The molecule has 110 valence electrons. The van der Waals surface area contributed by atoms with Crippen molar-refractivity contribution in [3.8, 4) is 0 Å². The minimum Gasteiger partial charge on any atom is -0.358 e. The lowest BCUT2D eigenvalue weighted by molar-refractivity contribution is 0.531. The van der Waals surface area contributed by atoms with E-state index in [0.29, 0.717) is 10.3 Å². The molecule has 1 aromatic heterocycles. The Bertz CT molecular complexity index is 606. The molecule has 0 bridgehead atoms. The van der Waals surface area contributed by atoms with Gasteiger partial charge in [-0.3, -0.25) is 0 Å². The molecule has 2 nitrogen and oxygen atoms in total. The van der Waals surface area contributed by atoms with Gasteiger partial charge in [0.1, 0.15) is 0 Å². The standard InChI is InChI=1S/C14H16Cl2N2S.ClH/c1-8-14(19-10-2-4-17-5-3-10)13-11(16)6-9(15)7-12(13)18-8;/h6-7,10,17-18H,2-5H2,1H3;1H. The van der Waals surface area contributed by atoms with Gasteiger partial charge in [-0.25, -0.2) is 0 Å². The number of piperidine rings is 1. The van der Waals surface area contributed by atoms with Crippen LogP contribution in [0.25, 0.3) is 10.9 Å². The maximum absolute atomic E-state index is 6.37. The van der Waals surface area contributed by atoms with Crippen molar-refractivity contribution in [2.45, 2.75) is 29.9 Å². The fraction of sp³-hybridized carbons (Fsp3) is 0.429. The first-order chi connectivity index (χ1) is 9.15. The Kier molecular flexibility index (Phi) is 5.55. The second-order valence-electron chi connectivity index (χ2n) is 4.96. The molecule has 0 spiro atoms. The molecule has 0 aliphatic carbocycles. The zero-order valence-electron chi connectivity index (χ0n) is 11.1. The predicted molar refractivity (Wildman–Crippen MR) is 92.1 cm³/mol. The largest absolute Gasteiger partial charge is 0.358 e. The van der Waals surface area contributed by atoms with Crippen molar-refractivity contribution in [2.75, 3.05) is 13.1 Å². The van der Waals surface area contributed by atoms with Gasteiger partial charge >= 0.3 is 0 Å². The molecule has 2 heterocycles. The molecule has 1 saturated heterocycles. The lowest BCUT2D eigenvalue weighted by atomic mass is 10.2. The Morgan fingerprint density at radius 3 is 2.60 bits per heavy atom. The van der Waals surface area contributed by atoms with Crippen LogP contribution in [0.4, 0.5) is 0 Å². The third kappa shape index (κ3) is 3.23. The normalized spacial score (nSPS) is 16.4.